The molecule has 0 spiro atoms. The van der Waals surface area contributed by atoms with Gasteiger partial charge in [-0.25, -0.2) is 4.68 Å². The highest BCUT2D eigenvalue weighted by atomic mass is 35.5. The number of anilines is 1. The molecule has 1 aromatic carbocycles. The molecule has 0 saturated carbocycles. The van der Waals surface area contributed by atoms with Gasteiger partial charge in [0, 0.05) is 12.7 Å². The van der Waals surface area contributed by atoms with Crippen LogP contribution in [-0.4, -0.2) is 20.2 Å². The minimum absolute atomic E-state index is 0.600. The zero-order valence-electron chi connectivity index (χ0n) is 7.88. The molecule has 0 aliphatic rings. The highest BCUT2D eigenvalue weighted by molar-refractivity contribution is 7.99. The van der Waals surface area contributed by atoms with Crippen molar-refractivity contribution in [1.29, 1.82) is 0 Å². The molecule has 78 valence electrons. The number of aromatic nitrogens is 4. The summed E-state index contributed by atoms with van der Waals surface area (Å²) >= 11 is 7.36. The van der Waals surface area contributed by atoms with Crippen molar-refractivity contribution in [3.05, 3.63) is 23.2 Å². The molecular weight excluding hydrogens is 234 g/mol. The van der Waals surface area contributed by atoms with E-state index >= 15 is 0 Å². The molecule has 0 unspecified atom stereocenters. The van der Waals surface area contributed by atoms with Crippen LogP contribution in [0.2, 0.25) is 5.02 Å². The summed E-state index contributed by atoms with van der Waals surface area (Å²) in [5.74, 6) is 0. The van der Waals surface area contributed by atoms with E-state index in [0.29, 0.717) is 15.9 Å². The van der Waals surface area contributed by atoms with Crippen LogP contribution in [0.15, 0.2) is 28.3 Å². The van der Waals surface area contributed by atoms with Crippen molar-refractivity contribution < 1.29 is 0 Å². The molecule has 0 fully saturated rings. The first kappa shape index (κ1) is 10.3. The van der Waals surface area contributed by atoms with Crippen LogP contribution in [0.5, 0.6) is 0 Å². The van der Waals surface area contributed by atoms with Gasteiger partial charge in [0.1, 0.15) is 0 Å². The van der Waals surface area contributed by atoms with Crippen LogP contribution < -0.4 is 5.73 Å². The zero-order chi connectivity index (χ0) is 10.8. The topological polar surface area (TPSA) is 69.6 Å². The molecule has 0 atom stereocenters. The van der Waals surface area contributed by atoms with Gasteiger partial charge in [-0.3, -0.25) is 0 Å². The quantitative estimate of drug-likeness (QED) is 0.809. The standard InChI is InChI=1S/C8H8ClN5S/c1-14-8(11-12-13-14)15-7-5(9)3-2-4-6(7)10/h2-4H,10H2,1H3. The van der Waals surface area contributed by atoms with Gasteiger partial charge in [0.05, 0.1) is 9.92 Å². The van der Waals surface area contributed by atoms with Crippen molar-refractivity contribution in [2.75, 3.05) is 5.73 Å². The lowest BCUT2D eigenvalue weighted by Gasteiger charge is -2.05. The van der Waals surface area contributed by atoms with Crippen molar-refractivity contribution in [1.82, 2.24) is 20.2 Å². The first-order valence-corrected chi connectivity index (χ1v) is 5.32. The first-order chi connectivity index (χ1) is 7.18. The third kappa shape index (κ3) is 2.05. The zero-order valence-corrected chi connectivity index (χ0v) is 9.46. The van der Waals surface area contributed by atoms with E-state index in [2.05, 4.69) is 15.5 Å². The van der Waals surface area contributed by atoms with Gasteiger partial charge in [-0.2, -0.15) is 0 Å². The molecule has 2 N–H and O–H groups in total. The number of halogens is 1. The highest BCUT2D eigenvalue weighted by Crippen LogP contribution is 2.35. The average molecular weight is 242 g/mol. The van der Waals surface area contributed by atoms with Crippen molar-refractivity contribution in [2.45, 2.75) is 10.1 Å². The number of rotatable bonds is 2. The molecule has 2 rings (SSSR count). The molecule has 1 heterocycles. The van der Waals surface area contributed by atoms with Gasteiger partial charge < -0.3 is 5.73 Å². The van der Waals surface area contributed by atoms with E-state index in [0.717, 1.165) is 4.90 Å². The van der Waals surface area contributed by atoms with Gasteiger partial charge in [-0.15, -0.1) is 5.10 Å². The maximum absolute atomic E-state index is 6.02. The van der Waals surface area contributed by atoms with Crippen LogP contribution in [0.4, 0.5) is 5.69 Å². The summed E-state index contributed by atoms with van der Waals surface area (Å²) in [5.41, 5.74) is 6.43. The second-order valence-electron chi connectivity index (χ2n) is 2.85. The SMILES string of the molecule is Cn1nnnc1Sc1c(N)cccc1Cl. The predicted molar refractivity (Wildman–Crippen MR) is 58.8 cm³/mol. The fourth-order valence-corrected chi connectivity index (χ4v) is 2.11. The fourth-order valence-electron chi connectivity index (χ4n) is 1.03. The lowest BCUT2D eigenvalue weighted by molar-refractivity contribution is 0.664. The molecule has 0 bridgehead atoms. The Balaban J connectivity index is 2.36. The Morgan fingerprint density at radius 1 is 1.47 bits per heavy atom. The summed E-state index contributed by atoms with van der Waals surface area (Å²) in [6.45, 7) is 0. The Morgan fingerprint density at radius 3 is 2.87 bits per heavy atom. The van der Waals surface area contributed by atoms with E-state index in [1.807, 2.05) is 0 Å². The van der Waals surface area contributed by atoms with E-state index in [-0.39, 0.29) is 0 Å². The van der Waals surface area contributed by atoms with E-state index in [1.54, 1.807) is 29.9 Å². The molecule has 0 aliphatic carbocycles. The first-order valence-electron chi connectivity index (χ1n) is 4.12. The second kappa shape index (κ2) is 4.08. The number of tetrazole rings is 1. The molecule has 1 aromatic heterocycles. The minimum Gasteiger partial charge on any atom is -0.398 e. The van der Waals surface area contributed by atoms with Crippen LogP contribution in [0.1, 0.15) is 0 Å². The lowest BCUT2D eigenvalue weighted by Crippen LogP contribution is -1.94. The molecule has 0 aliphatic heterocycles. The van der Waals surface area contributed by atoms with Crippen LogP contribution in [0.3, 0.4) is 0 Å². The van der Waals surface area contributed by atoms with Gasteiger partial charge in [0.15, 0.2) is 0 Å². The summed E-state index contributed by atoms with van der Waals surface area (Å²) in [6.07, 6.45) is 0. The van der Waals surface area contributed by atoms with E-state index < -0.39 is 0 Å². The molecular formula is C8H8ClN5S. The number of benzene rings is 1. The summed E-state index contributed by atoms with van der Waals surface area (Å²) in [7, 11) is 1.76. The molecule has 0 radical (unpaired) electrons. The van der Waals surface area contributed by atoms with Crippen LogP contribution in [0, 0.1) is 0 Å². The molecule has 0 amide bonds. The van der Waals surface area contributed by atoms with E-state index in [4.69, 9.17) is 17.3 Å². The molecule has 0 saturated heterocycles. The summed E-state index contributed by atoms with van der Waals surface area (Å²) in [5, 5.41) is 12.4. The van der Waals surface area contributed by atoms with Crippen molar-refractivity contribution in [2.24, 2.45) is 7.05 Å². The van der Waals surface area contributed by atoms with Crippen molar-refractivity contribution in [3.8, 4) is 0 Å². The highest BCUT2D eigenvalue weighted by Gasteiger charge is 2.10. The third-order valence-electron chi connectivity index (χ3n) is 1.77. The molecule has 15 heavy (non-hydrogen) atoms. The summed E-state index contributed by atoms with van der Waals surface area (Å²) in [6, 6.07) is 5.37. The smallest absolute Gasteiger partial charge is 0.213 e. The Hall–Kier alpha value is -1.27. The van der Waals surface area contributed by atoms with Crippen LogP contribution in [0.25, 0.3) is 0 Å². The Bertz CT molecular complexity index is 463. The number of nitrogens with zero attached hydrogens (tertiary/aromatic N) is 4. The maximum atomic E-state index is 6.02. The molecule has 5 nitrogen and oxygen atoms in total. The maximum Gasteiger partial charge on any atom is 0.213 e. The fraction of sp³-hybridized carbons (Fsp3) is 0.125. The van der Waals surface area contributed by atoms with E-state index in [9.17, 15) is 0 Å². The number of nitrogens with two attached hydrogens (primary N) is 1. The summed E-state index contributed by atoms with van der Waals surface area (Å²) < 4.78 is 1.56. The minimum atomic E-state index is 0.600. The lowest BCUT2D eigenvalue weighted by atomic mass is 10.3. The van der Waals surface area contributed by atoms with Gasteiger partial charge in [0.25, 0.3) is 0 Å². The van der Waals surface area contributed by atoms with Gasteiger partial charge >= 0.3 is 0 Å². The van der Waals surface area contributed by atoms with Crippen molar-refractivity contribution in [3.63, 3.8) is 0 Å². The number of aryl methyl sites for hydroxylation is 1. The van der Waals surface area contributed by atoms with Gasteiger partial charge in [-0.1, -0.05) is 17.7 Å². The largest absolute Gasteiger partial charge is 0.398 e. The number of nitrogen functional groups attached to an aromatic ring is 1. The Morgan fingerprint density at radius 2 is 2.27 bits per heavy atom. The monoisotopic (exact) mass is 241 g/mol. The Kier molecular flexibility index (Phi) is 2.79. The third-order valence-corrected chi connectivity index (χ3v) is 3.39. The van der Waals surface area contributed by atoms with Crippen molar-refractivity contribution >= 4 is 29.1 Å². The number of hydrogen-bond donors (Lipinski definition) is 1. The van der Waals surface area contributed by atoms with Crippen LogP contribution in [-0.2, 0) is 7.05 Å². The van der Waals surface area contributed by atoms with Gasteiger partial charge in [0.2, 0.25) is 5.16 Å². The second-order valence-corrected chi connectivity index (χ2v) is 4.23. The average Bonchev–Trinajstić information content (AvgIpc) is 2.58. The summed E-state index contributed by atoms with van der Waals surface area (Å²) in [4.78, 5) is 0.775. The number of hydrogen-bond acceptors (Lipinski definition) is 5. The van der Waals surface area contributed by atoms with E-state index in [1.165, 1.54) is 11.8 Å². The molecule has 7 heteroatoms. The normalized spacial score (nSPS) is 10.5. The van der Waals surface area contributed by atoms with Crippen LogP contribution >= 0.6 is 23.4 Å². The molecule has 2 aromatic rings. The predicted octanol–water partition coefficient (Wildman–Crippen LogP) is 1.60. The van der Waals surface area contributed by atoms with Gasteiger partial charge in [-0.05, 0) is 34.3 Å². The Labute approximate surface area is 95.6 Å².